The number of aryl methyl sites for hydroxylation is 2. The molecular formula is C30H26F3N3O3. The van der Waals surface area contributed by atoms with Crippen LogP contribution in [0.2, 0.25) is 0 Å². The fraction of sp³-hybridized carbons (Fsp3) is 0.233. The average molecular weight is 534 g/mol. The maximum atomic E-state index is 14.0. The highest BCUT2D eigenvalue weighted by Crippen LogP contribution is 2.43. The molecule has 2 amide bonds. The van der Waals surface area contributed by atoms with Gasteiger partial charge in [-0.3, -0.25) is 9.59 Å². The Morgan fingerprint density at radius 2 is 1.67 bits per heavy atom. The molecule has 0 saturated carbocycles. The van der Waals surface area contributed by atoms with Crippen molar-refractivity contribution >= 4 is 17.5 Å². The first-order chi connectivity index (χ1) is 18.5. The number of hydrogen-bond acceptors (Lipinski definition) is 4. The fourth-order valence-electron chi connectivity index (χ4n) is 4.70. The smallest absolute Gasteiger partial charge is 0.251 e. The number of halogens is 3. The summed E-state index contributed by atoms with van der Waals surface area (Å²) in [4.78, 5) is 32.6. The van der Waals surface area contributed by atoms with Crippen LogP contribution in [-0.2, 0) is 23.3 Å². The van der Waals surface area contributed by atoms with Crippen molar-refractivity contribution in [2.75, 3.05) is 4.90 Å². The van der Waals surface area contributed by atoms with E-state index in [1.165, 1.54) is 0 Å². The number of oxazole rings is 1. The Morgan fingerprint density at radius 1 is 1.00 bits per heavy atom. The van der Waals surface area contributed by atoms with Crippen LogP contribution in [0.4, 0.5) is 18.9 Å². The Labute approximate surface area is 223 Å². The Bertz CT molecular complexity index is 1590. The van der Waals surface area contributed by atoms with Crippen LogP contribution in [0.1, 0.15) is 52.3 Å². The molecule has 0 spiro atoms. The number of hydrogen-bond donors (Lipinski definition) is 1. The fourth-order valence-corrected chi connectivity index (χ4v) is 4.70. The minimum absolute atomic E-state index is 0.132. The standard InChI is InChI=1S/C30H26F3N3O3/c1-16-5-7-18(8-6-16)28-35-25(17(2)39-28)15-36-26-11-19(9-10-22(26)30(3,4)29(36)38)27(37)34-14-21-23(32)12-20(31)13-24(21)33/h5-13H,14-15H2,1-4H3,(H,34,37). The van der Waals surface area contributed by atoms with Gasteiger partial charge in [-0.1, -0.05) is 23.8 Å². The second-order valence-electron chi connectivity index (χ2n) is 10.2. The predicted octanol–water partition coefficient (Wildman–Crippen LogP) is 6.13. The number of amides is 2. The van der Waals surface area contributed by atoms with Gasteiger partial charge in [-0.25, -0.2) is 18.2 Å². The van der Waals surface area contributed by atoms with Crippen LogP contribution in [-0.4, -0.2) is 16.8 Å². The summed E-state index contributed by atoms with van der Waals surface area (Å²) in [6.45, 7) is 7.05. The van der Waals surface area contributed by atoms with Crippen molar-refractivity contribution in [2.24, 2.45) is 0 Å². The van der Waals surface area contributed by atoms with Gasteiger partial charge in [-0.2, -0.15) is 0 Å². The molecule has 0 saturated heterocycles. The first-order valence-electron chi connectivity index (χ1n) is 12.4. The number of aromatic nitrogens is 1. The molecule has 1 aliphatic rings. The quantitative estimate of drug-likeness (QED) is 0.324. The van der Waals surface area contributed by atoms with Crippen molar-refractivity contribution in [2.45, 2.75) is 46.2 Å². The third-order valence-corrected chi connectivity index (χ3v) is 7.03. The zero-order valence-electron chi connectivity index (χ0n) is 21.9. The van der Waals surface area contributed by atoms with E-state index < -0.39 is 40.9 Å². The zero-order chi connectivity index (χ0) is 28.1. The van der Waals surface area contributed by atoms with Crippen molar-refractivity contribution in [3.05, 3.63) is 106 Å². The molecule has 5 rings (SSSR count). The Morgan fingerprint density at radius 3 is 2.33 bits per heavy atom. The average Bonchev–Trinajstić information content (AvgIpc) is 3.33. The van der Waals surface area contributed by atoms with E-state index in [0.29, 0.717) is 35.2 Å². The number of nitrogens with zero attached hydrogens (tertiary/aromatic N) is 2. The van der Waals surface area contributed by atoms with Gasteiger partial charge in [0.05, 0.1) is 12.0 Å². The molecule has 0 unspecified atom stereocenters. The molecule has 4 aromatic rings. The lowest BCUT2D eigenvalue weighted by molar-refractivity contribution is -0.122. The van der Waals surface area contributed by atoms with Gasteiger partial charge < -0.3 is 14.6 Å². The van der Waals surface area contributed by atoms with E-state index in [1.54, 1.807) is 43.9 Å². The molecule has 0 fully saturated rings. The summed E-state index contributed by atoms with van der Waals surface area (Å²) in [5, 5.41) is 2.47. The van der Waals surface area contributed by atoms with Crippen molar-refractivity contribution in [1.29, 1.82) is 0 Å². The van der Waals surface area contributed by atoms with Gasteiger partial charge in [-0.15, -0.1) is 0 Å². The SMILES string of the molecule is Cc1ccc(-c2nc(CN3C(=O)C(C)(C)c4ccc(C(=O)NCc5c(F)cc(F)cc5F)cc43)c(C)o2)cc1. The molecule has 200 valence electrons. The molecule has 2 heterocycles. The van der Waals surface area contributed by atoms with Crippen molar-refractivity contribution < 1.29 is 27.2 Å². The zero-order valence-corrected chi connectivity index (χ0v) is 21.9. The minimum atomic E-state index is -1.09. The molecule has 1 aromatic heterocycles. The minimum Gasteiger partial charge on any atom is -0.441 e. The van der Waals surface area contributed by atoms with Crippen LogP contribution in [0.5, 0.6) is 0 Å². The van der Waals surface area contributed by atoms with Crippen molar-refractivity contribution in [3.8, 4) is 11.5 Å². The molecular weight excluding hydrogens is 507 g/mol. The van der Waals surface area contributed by atoms with Crippen LogP contribution in [0.25, 0.3) is 11.5 Å². The Hall–Kier alpha value is -4.40. The largest absolute Gasteiger partial charge is 0.441 e. The van der Waals surface area contributed by atoms with E-state index in [9.17, 15) is 22.8 Å². The van der Waals surface area contributed by atoms with Gasteiger partial charge in [0, 0.05) is 41.1 Å². The third kappa shape index (κ3) is 4.80. The highest BCUT2D eigenvalue weighted by Gasteiger charge is 2.44. The lowest BCUT2D eigenvalue weighted by Gasteiger charge is -2.19. The second kappa shape index (κ2) is 9.72. The number of rotatable bonds is 6. The van der Waals surface area contributed by atoms with E-state index in [-0.39, 0.29) is 18.0 Å². The maximum absolute atomic E-state index is 14.0. The molecule has 3 aromatic carbocycles. The number of carbonyl (C=O) groups excluding carboxylic acids is 2. The summed E-state index contributed by atoms with van der Waals surface area (Å²) >= 11 is 0. The third-order valence-electron chi connectivity index (χ3n) is 7.03. The molecule has 39 heavy (non-hydrogen) atoms. The van der Waals surface area contributed by atoms with Gasteiger partial charge in [-0.05, 0) is 57.5 Å². The molecule has 1 N–H and O–H groups in total. The number of benzene rings is 3. The van der Waals surface area contributed by atoms with Crippen molar-refractivity contribution in [1.82, 2.24) is 10.3 Å². The van der Waals surface area contributed by atoms with Gasteiger partial charge in [0.15, 0.2) is 0 Å². The summed E-state index contributed by atoms with van der Waals surface area (Å²) in [6, 6.07) is 13.7. The monoisotopic (exact) mass is 533 g/mol. The molecule has 0 aliphatic carbocycles. The van der Waals surface area contributed by atoms with E-state index in [4.69, 9.17) is 4.42 Å². The summed E-state index contributed by atoms with van der Waals surface area (Å²) in [7, 11) is 0. The molecule has 1 aliphatic heterocycles. The van der Waals surface area contributed by atoms with Crippen molar-refractivity contribution in [3.63, 3.8) is 0 Å². The number of anilines is 1. The number of fused-ring (bicyclic) bond motifs is 1. The molecule has 0 radical (unpaired) electrons. The van der Waals surface area contributed by atoms with Crippen LogP contribution in [0, 0.1) is 31.3 Å². The molecule has 6 nitrogen and oxygen atoms in total. The van der Waals surface area contributed by atoms with Gasteiger partial charge >= 0.3 is 0 Å². The van der Waals surface area contributed by atoms with Gasteiger partial charge in [0.2, 0.25) is 11.8 Å². The van der Waals surface area contributed by atoms with Crippen LogP contribution in [0.3, 0.4) is 0 Å². The molecule has 9 heteroatoms. The Balaban J connectivity index is 1.41. The summed E-state index contributed by atoms with van der Waals surface area (Å²) < 4.78 is 47.1. The van der Waals surface area contributed by atoms with Crippen LogP contribution < -0.4 is 10.2 Å². The molecule has 0 bridgehead atoms. The van der Waals surface area contributed by atoms with E-state index in [0.717, 1.165) is 16.7 Å². The maximum Gasteiger partial charge on any atom is 0.251 e. The number of nitrogens with one attached hydrogen (secondary N) is 1. The van der Waals surface area contributed by atoms with E-state index in [1.807, 2.05) is 31.2 Å². The first-order valence-corrected chi connectivity index (χ1v) is 12.4. The Kier molecular flexibility index (Phi) is 6.54. The lowest BCUT2D eigenvalue weighted by atomic mass is 9.86. The van der Waals surface area contributed by atoms with Gasteiger partial charge in [0.1, 0.15) is 28.9 Å². The summed E-state index contributed by atoms with van der Waals surface area (Å²) in [6.07, 6.45) is 0. The summed E-state index contributed by atoms with van der Waals surface area (Å²) in [5.41, 5.74) is 2.68. The summed E-state index contributed by atoms with van der Waals surface area (Å²) in [5.74, 6) is -2.97. The van der Waals surface area contributed by atoms with Crippen LogP contribution >= 0.6 is 0 Å². The van der Waals surface area contributed by atoms with Gasteiger partial charge in [0.25, 0.3) is 5.91 Å². The highest BCUT2D eigenvalue weighted by atomic mass is 19.1. The van der Waals surface area contributed by atoms with E-state index in [2.05, 4.69) is 10.3 Å². The molecule has 0 atom stereocenters. The highest BCUT2D eigenvalue weighted by molar-refractivity contribution is 6.08. The second-order valence-corrected chi connectivity index (χ2v) is 10.2. The van der Waals surface area contributed by atoms with E-state index >= 15 is 0 Å². The normalized spacial score (nSPS) is 14.0. The lowest BCUT2D eigenvalue weighted by Crippen LogP contribution is -2.36. The van der Waals surface area contributed by atoms with Crippen LogP contribution in [0.15, 0.2) is 59.0 Å². The number of carbonyl (C=O) groups is 2. The predicted molar refractivity (Wildman–Crippen MR) is 140 cm³/mol. The topological polar surface area (TPSA) is 75.4 Å². The first kappa shape index (κ1) is 26.2.